The fourth-order valence-corrected chi connectivity index (χ4v) is 4.49. The highest BCUT2D eigenvalue weighted by atomic mass is 35.5. The maximum absolute atomic E-state index is 13.1. The highest BCUT2D eigenvalue weighted by Crippen LogP contribution is 2.39. The van der Waals surface area contributed by atoms with Crippen molar-refractivity contribution in [1.29, 1.82) is 0 Å². The van der Waals surface area contributed by atoms with E-state index in [0.29, 0.717) is 33.3 Å². The van der Waals surface area contributed by atoms with Gasteiger partial charge in [-0.2, -0.15) is 13.9 Å². The fourth-order valence-electron chi connectivity index (χ4n) is 4.31. The minimum Gasteiger partial charge on any atom is -0.434 e. The van der Waals surface area contributed by atoms with Crippen molar-refractivity contribution in [3.05, 3.63) is 82.1 Å². The molecule has 5 rings (SSSR count). The van der Waals surface area contributed by atoms with Crippen molar-refractivity contribution in [3.8, 4) is 17.0 Å². The van der Waals surface area contributed by atoms with Crippen LogP contribution in [0.15, 0.2) is 54.6 Å². The van der Waals surface area contributed by atoms with E-state index in [4.69, 9.17) is 21.4 Å². The molecule has 182 valence electrons. The van der Waals surface area contributed by atoms with Crippen molar-refractivity contribution in [3.63, 3.8) is 0 Å². The Labute approximate surface area is 205 Å². The van der Waals surface area contributed by atoms with Crippen molar-refractivity contribution in [2.24, 2.45) is 0 Å². The molecule has 35 heavy (non-hydrogen) atoms. The molecule has 0 unspecified atom stereocenters. The predicted molar refractivity (Wildman–Crippen MR) is 127 cm³/mol. The average Bonchev–Trinajstić information content (AvgIpc) is 3.20. The molecule has 0 amide bonds. The summed E-state index contributed by atoms with van der Waals surface area (Å²) in [5.41, 5.74) is 3.04. The molecule has 2 atom stereocenters. The third-order valence-corrected chi connectivity index (χ3v) is 6.27. The first-order valence-electron chi connectivity index (χ1n) is 11.0. The molecule has 0 aliphatic carbocycles. The number of halogens is 3. The zero-order valence-electron chi connectivity index (χ0n) is 18.9. The van der Waals surface area contributed by atoms with Crippen LogP contribution in [0.3, 0.4) is 0 Å². The summed E-state index contributed by atoms with van der Waals surface area (Å²) in [5.74, 6) is -0.0300. The molecule has 3 N–H and O–H groups in total. The predicted octanol–water partition coefficient (Wildman–Crippen LogP) is 4.60. The van der Waals surface area contributed by atoms with Gasteiger partial charge in [0.05, 0.1) is 28.7 Å². The summed E-state index contributed by atoms with van der Waals surface area (Å²) in [7, 11) is 0. The minimum atomic E-state index is -3.01. The second-order valence-corrected chi connectivity index (χ2v) is 9.36. The normalized spacial score (nSPS) is 18.2. The number of aromatic nitrogens is 3. The van der Waals surface area contributed by atoms with Gasteiger partial charge in [0.25, 0.3) is 0 Å². The number of β-amino-alcohol motifs (C(OH)–C–C–N with tert-alkyl or cyclic N) is 1. The van der Waals surface area contributed by atoms with Gasteiger partial charge in [-0.1, -0.05) is 35.9 Å². The van der Waals surface area contributed by atoms with Gasteiger partial charge in [-0.25, -0.2) is 9.50 Å². The van der Waals surface area contributed by atoms with Gasteiger partial charge < -0.3 is 20.3 Å². The summed E-state index contributed by atoms with van der Waals surface area (Å²) in [6, 6.07) is 14.7. The average molecular weight is 501 g/mol. The number of nitrogens with one attached hydrogen (secondary N) is 1. The first-order valence-corrected chi connectivity index (χ1v) is 11.4. The molecule has 3 heterocycles. The lowest BCUT2D eigenvalue weighted by Crippen LogP contribution is -2.35. The number of ether oxygens (including phenoxy) is 1. The van der Waals surface area contributed by atoms with Gasteiger partial charge in [-0.15, -0.1) is 0 Å². The molecule has 0 bridgehead atoms. The molecular weight excluding hydrogens is 478 g/mol. The van der Waals surface area contributed by atoms with Crippen LogP contribution in [0.1, 0.15) is 48.5 Å². The van der Waals surface area contributed by atoms with E-state index in [9.17, 15) is 19.0 Å². The van der Waals surface area contributed by atoms with Crippen molar-refractivity contribution in [1.82, 2.24) is 19.9 Å². The Morgan fingerprint density at radius 3 is 2.57 bits per heavy atom. The Hall–Kier alpha value is -3.11. The third kappa shape index (κ3) is 4.48. The molecule has 0 saturated carbocycles. The number of benzene rings is 2. The van der Waals surface area contributed by atoms with E-state index >= 15 is 0 Å². The molecule has 1 aliphatic rings. The standard InChI is InChI=1S/C25H23ClF2N4O3/c1-25(2,34)14-5-3-13(4-6-14)17-8-10-20-30-22-18(33)12-29-21(23(22)32(20)31-17)16-11-15(26)7-9-19(16)35-24(27)28/h3-11,18,21,24,29,33-34H,12H2,1-2H3/t18-,21-/m1/s1. The lowest BCUT2D eigenvalue weighted by Gasteiger charge is -2.28. The Morgan fingerprint density at radius 1 is 1.14 bits per heavy atom. The van der Waals surface area contributed by atoms with Crippen LogP contribution >= 0.6 is 11.6 Å². The molecule has 10 heteroatoms. The van der Waals surface area contributed by atoms with Crippen LogP contribution in [0.4, 0.5) is 8.78 Å². The zero-order chi connectivity index (χ0) is 24.9. The van der Waals surface area contributed by atoms with Gasteiger partial charge in [0.15, 0.2) is 5.65 Å². The molecule has 4 aromatic rings. The van der Waals surface area contributed by atoms with Gasteiger partial charge in [0.1, 0.15) is 11.9 Å². The second kappa shape index (κ2) is 8.83. The highest BCUT2D eigenvalue weighted by Gasteiger charge is 2.34. The summed E-state index contributed by atoms with van der Waals surface area (Å²) in [5, 5.41) is 29.1. The Balaban J connectivity index is 1.64. The molecule has 0 radical (unpaired) electrons. The van der Waals surface area contributed by atoms with E-state index in [1.807, 2.05) is 30.3 Å². The van der Waals surface area contributed by atoms with Crippen LogP contribution in [0, 0.1) is 0 Å². The highest BCUT2D eigenvalue weighted by molar-refractivity contribution is 6.30. The van der Waals surface area contributed by atoms with Crippen LogP contribution in [0.2, 0.25) is 5.02 Å². The summed E-state index contributed by atoms with van der Waals surface area (Å²) in [6.45, 7) is 0.574. The summed E-state index contributed by atoms with van der Waals surface area (Å²) in [6.07, 6.45) is -0.906. The van der Waals surface area contributed by atoms with E-state index < -0.39 is 24.4 Å². The van der Waals surface area contributed by atoms with E-state index in [-0.39, 0.29) is 12.3 Å². The van der Waals surface area contributed by atoms with Crippen molar-refractivity contribution in [2.75, 3.05) is 6.54 Å². The molecule has 7 nitrogen and oxygen atoms in total. The number of aliphatic hydroxyl groups excluding tert-OH is 1. The first kappa shape index (κ1) is 23.6. The smallest absolute Gasteiger partial charge is 0.387 e. The van der Waals surface area contributed by atoms with E-state index in [1.54, 1.807) is 30.5 Å². The number of hydrogen-bond donors (Lipinski definition) is 3. The number of aliphatic hydroxyl groups is 2. The lowest BCUT2D eigenvalue weighted by molar-refractivity contribution is -0.0507. The molecule has 0 spiro atoms. The number of alkyl halides is 2. The van der Waals surface area contributed by atoms with Crippen molar-refractivity contribution >= 4 is 17.2 Å². The van der Waals surface area contributed by atoms with Crippen LogP contribution in [0.5, 0.6) is 5.75 Å². The van der Waals surface area contributed by atoms with E-state index in [2.05, 4.69) is 10.3 Å². The molecular formula is C25H23ClF2N4O3. The molecule has 0 saturated heterocycles. The molecule has 2 aromatic heterocycles. The molecule has 2 aromatic carbocycles. The van der Waals surface area contributed by atoms with Crippen LogP contribution in [0.25, 0.3) is 16.9 Å². The maximum atomic E-state index is 13.1. The van der Waals surface area contributed by atoms with Gasteiger partial charge in [-0.05, 0) is 49.7 Å². The Kier molecular flexibility index (Phi) is 5.96. The number of imidazole rings is 1. The molecule has 1 aliphatic heterocycles. The zero-order valence-corrected chi connectivity index (χ0v) is 19.7. The van der Waals surface area contributed by atoms with E-state index in [0.717, 1.165) is 11.1 Å². The third-order valence-electron chi connectivity index (χ3n) is 6.03. The van der Waals surface area contributed by atoms with Crippen LogP contribution in [-0.4, -0.2) is 38.0 Å². The summed E-state index contributed by atoms with van der Waals surface area (Å²) < 4.78 is 32.6. The first-order chi connectivity index (χ1) is 16.6. The number of hydrogen-bond acceptors (Lipinski definition) is 6. The summed E-state index contributed by atoms with van der Waals surface area (Å²) in [4.78, 5) is 4.56. The number of rotatable bonds is 5. The largest absolute Gasteiger partial charge is 0.434 e. The maximum Gasteiger partial charge on any atom is 0.387 e. The van der Waals surface area contributed by atoms with Crippen LogP contribution in [-0.2, 0) is 5.60 Å². The van der Waals surface area contributed by atoms with Crippen molar-refractivity contribution in [2.45, 2.75) is 38.2 Å². The minimum absolute atomic E-state index is 0.0300. The number of nitrogens with zero attached hydrogens (tertiary/aromatic N) is 3. The molecule has 0 fully saturated rings. The monoisotopic (exact) mass is 500 g/mol. The fraction of sp³-hybridized carbons (Fsp3) is 0.280. The van der Waals surface area contributed by atoms with E-state index in [1.165, 1.54) is 12.1 Å². The quantitative estimate of drug-likeness (QED) is 0.371. The van der Waals surface area contributed by atoms with Gasteiger partial charge in [-0.3, -0.25) is 0 Å². The van der Waals surface area contributed by atoms with Gasteiger partial charge in [0.2, 0.25) is 0 Å². The van der Waals surface area contributed by atoms with Crippen LogP contribution < -0.4 is 10.1 Å². The topological polar surface area (TPSA) is 91.9 Å². The Morgan fingerprint density at radius 2 is 1.89 bits per heavy atom. The van der Waals surface area contributed by atoms with Crippen molar-refractivity contribution < 1.29 is 23.7 Å². The Bertz CT molecular complexity index is 1390. The second-order valence-electron chi connectivity index (χ2n) is 8.92. The summed E-state index contributed by atoms with van der Waals surface area (Å²) >= 11 is 6.19. The number of fused-ring (bicyclic) bond motifs is 3. The van der Waals surface area contributed by atoms with Gasteiger partial charge in [0, 0.05) is 22.7 Å². The van der Waals surface area contributed by atoms with Gasteiger partial charge >= 0.3 is 6.61 Å². The SMILES string of the molecule is CC(C)(O)c1ccc(-c2ccc3nc4c(n3n2)[C@@H](c2cc(Cl)ccc2OC(F)F)NC[C@H]4O)cc1. The lowest BCUT2D eigenvalue weighted by atomic mass is 9.96.